The summed E-state index contributed by atoms with van der Waals surface area (Å²) in [6.07, 6.45) is 13.0. The maximum Gasteiger partial charge on any atom is 0.0725 e. The van der Waals surface area contributed by atoms with Crippen LogP contribution in [0.1, 0.15) is 231 Å². The Morgan fingerprint density at radius 1 is 0.437 bits per heavy atom. The first-order chi connectivity index (χ1) is 33.1. The van der Waals surface area contributed by atoms with Crippen LogP contribution in [0.25, 0.3) is 0 Å². The van der Waals surface area contributed by atoms with Crippen LogP contribution in [0.15, 0.2) is 0 Å². The van der Waals surface area contributed by atoms with Crippen molar-refractivity contribution in [3.8, 4) is 0 Å². The van der Waals surface area contributed by atoms with Gasteiger partial charge in [0, 0.05) is 69.0 Å². The van der Waals surface area contributed by atoms with Gasteiger partial charge in [-0.2, -0.15) is 0 Å². The molecular formula is C64H136N6O. The lowest BCUT2D eigenvalue weighted by Crippen LogP contribution is -2.47. The van der Waals surface area contributed by atoms with Gasteiger partial charge in [-0.25, -0.2) is 0 Å². The van der Waals surface area contributed by atoms with E-state index in [-0.39, 0.29) is 0 Å². The molecule has 0 aromatic carbocycles. The van der Waals surface area contributed by atoms with Gasteiger partial charge in [0.2, 0.25) is 0 Å². The fourth-order valence-electron chi connectivity index (χ4n) is 11.2. The number of likely N-dealkylation sites (tertiary alicyclic amines) is 4. The summed E-state index contributed by atoms with van der Waals surface area (Å²) < 4.78 is 5.68. The lowest BCUT2D eigenvalue weighted by Gasteiger charge is -2.37. The molecule has 7 nitrogen and oxygen atoms in total. The molecule has 5 heterocycles. The van der Waals surface area contributed by atoms with Crippen molar-refractivity contribution in [2.45, 2.75) is 273 Å². The molecule has 0 radical (unpaired) electrons. The lowest BCUT2D eigenvalue weighted by molar-refractivity contribution is -0.0591. The quantitative estimate of drug-likeness (QED) is 0.156. The first-order valence-corrected chi connectivity index (χ1v) is 31.2. The molecule has 5 atom stereocenters. The maximum absolute atomic E-state index is 5.68. The van der Waals surface area contributed by atoms with Gasteiger partial charge in [0.15, 0.2) is 0 Å². The van der Waals surface area contributed by atoms with E-state index in [0.717, 1.165) is 103 Å². The summed E-state index contributed by atoms with van der Waals surface area (Å²) in [4.78, 5) is 12.9. The smallest absolute Gasteiger partial charge is 0.0725 e. The van der Waals surface area contributed by atoms with Crippen LogP contribution in [0.3, 0.4) is 0 Å². The minimum absolute atomic E-state index is 0.446. The van der Waals surface area contributed by atoms with Gasteiger partial charge in [0.05, 0.1) is 12.7 Å². The Morgan fingerprint density at radius 2 is 0.859 bits per heavy atom. The molecule has 0 spiro atoms. The molecule has 71 heavy (non-hydrogen) atoms. The highest BCUT2D eigenvalue weighted by Gasteiger charge is 2.28. The average Bonchev–Trinajstić information content (AvgIpc) is 4.00. The third-order valence-corrected chi connectivity index (χ3v) is 17.2. The Labute approximate surface area is 449 Å². The molecule has 5 rings (SSSR count). The van der Waals surface area contributed by atoms with Crippen molar-refractivity contribution < 1.29 is 4.74 Å². The van der Waals surface area contributed by atoms with Gasteiger partial charge in [-0.3, -0.25) is 4.90 Å². The summed E-state index contributed by atoms with van der Waals surface area (Å²) in [6.45, 7) is 72.4. The van der Waals surface area contributed by atoms with Gasteiger partial charge in [0.25, 0.3) is 0 Å². The standard InChI is InChI=1S/3C11H23N.C11H25N.C10H21NO.C10H21N/c1-9(2)11-5-7-12(8-6-11)10(3)4;1-9(2)7-11-5-6-12(8-11)10(3)4;1-9(2)11-6-5-7-12(8-11)10(3)4;1-6-7-11(9(2)3)8-12-10(4)5;1-8(2)10-7-11(9(3)4)5-6-12-10;1-8(2)10-5-6-11(7-10)9(3)4/h3*9-11H,5-8H2,1-4H3;9-12H,6-8H2,1-5H3;8-10H,5-7H2,1-4H3;8-10H,5-7H2,1-4H3. The molecule has 0 bridgehead atoms. The second-order valence-electron chi connectivity index (χ2n) is 27.3. The summed E-state index contributed by atoms with van der Waals surface area (Å²) in [5.74, 6) is 9.69. The molecule has 7 heteroatoms. The summed E-state index contributed by atoms with van der Waals surface area (Å²) >= 11 is 0. The molecule has 428 valence electrons. The van der Waals surface area contributed by atoms with E-state index in [1.54, 1.807) is 0 Å². The van der Waals surface area contributed by atoms with Gasteiger partial charge in [-0.15, -0.1) is 0 Å². The zero-order valence-electron chi connectivity index (χ0n) is 53.4. The summed E-state index contributed by atoms with van der Waals surface area (Å²) in [5.41, 5.74) is 0. The van der Waals surface area contributed by atoms with Gasteiger partial charge < -0.3 is 29.7 Å². The van der Waals surface area contributed by atoms with E-state index < -0.39 is 0 Å². The monoisotopic (exact) mass is 1010 g/mol. The van der Waals surface area contributed by atoms with E-state index in [2.05, 4.69) is 203 Å². The molecule has 1 N–H and O–H groups in total. The Morgan fingerprint density at radius 3 is 1.24 bits per heavy atom. The molecule has 0 amide bonds. The Bertz CT molecular complexity index is 1090. The van der Waals surface area contributed by atoms with Crippen LogP contribution in [-0.4, -0.2) is 145 Å². The molecular weight excluding hydrogens is 869 g/mol. The SMILES string of the molecule is CC(C)C1CCCN(C(C)C)C1.CC(C)C1CCN(C(C)C)C1.CC(C)C1CCN(C(C)C)CC1.CC(C)C1CN(C(C)C)CCO1.CC(C)CC1CCN(C(C)C)C1.CCCC(CNC(C)C)C(C)C. The van der Waals surface area contributed by atoms with E-state index in [1.165, 1.54) is 117 Å². The fraction of sp³-hybridized carbons (Fsp3) is 1.00. The van der Waals surface area contributed by atoms with Gasteiger partial charge in [0.1, 0.15) is 0 Å². The highest BCUT2D eigenvalue weighted by atomic mass is 16.5. The van der Waals surface area contributed by atoms with Crippen molar-refractivity contribution in [1.82, 2.24) is 29.8 Å². The minimum atomic E-state index is 0.446. The lowest BCUT2D eigenvalue weighted by atomic mass is 9.86. The maximum atomic E-state index is 5.68. The molecule has 5 aliphatic rings. The number of morpholine rings is 1. The molecule has 5 aliphatic heterocycles. The van der Waals surface area contributed by atoms with Crippen LogP contribution >= 0.6 is 0 Å². The molecule has 0 aromatic rings. The normalized spacial score (nSPS) is 24.0. The van der Waals surface area contributed by atoms with Crippen LogP contribution in [-0.2, 0) is 4.74 Å². The third kappa shape index (κ3) is 32.2. The summed E-state index contributed by atoms with van der Waals surface area (Å²) in [7, 11) is 0. The van der Waals surface area contributed by atoms with Crippen molar-refractivity contribution in [1.29, 1.82) is 0 Å². The zero-order chi connectivity index (χ0) is 54.5. The Balaban J connectivity index is 0.000000828. The number of rotatable bonds is 17. The van der Waals surface area contributed by atoms with Crippen molar-refractivity contribution in [2.24, 2.45) is 65.1 Å². The average molecular weight is 1010 g/mol. The van der Waals surface area contributed by atoms with Crippen LogP contribution in [0.2, 0.25) is 0 Å². The molecule has 0 aliphatic carbocycles. The fourth-order valence-corrected chi connectivity index (χ4v) is 11.2. The number of hydrogen-bond donors (Lipinski definition) is 1. The van der Waals surface area contributed by atoms with Crippen LogP contribution in [0.5, 0.6) is 0 Å². The predicted molar refractivity (Wildman–Crippen MR) is 320 cm³/mol. The van der Waals surface area contributed by atoms with Crippen LogP contribution in [0.4, 0.5) is 0 Å². The zero-order valence-corrected chi connectivity index (χ0v) is 53.4. The molecule has 5 unspecified atom stereocenters. The van der Waals surface area contributed by atoms with Crippen LogP contribution in [0, 0.1) is 65.1 Å². The highest BCUT2D eigenvalue weighted by Crippen LogP contribution is 2.28. The van der Waals surface area contributed by atoms with Crippen molar-refractivity contribution in [3.05, 3.63) is 0 Å². The van der Waals surface area contributed by atoms with E-state index in [4.69, 9.17) is 4.74 Å². The second-order valence-corrected chi connectivity index (χ2v) is 27.3. The van der Waals surface area contributed by atoms with E-state index in [0.29, 0.717) is 24.1 Å². The van der Waals surface area contributed by atoms with Crippen molar-refractivity contribution >= 4 is 0 Å². The van der Waals surface area contributed by atoms with Gasteiger partial charge in [-0.1, -0.05) is 110 Å². The van der Waals surface area contributed by atoms with E-state index >= 15 is 0 Å². The van der Waals surface area contributed by atoms with E-state index in [9.17, 15) is 0 Å². The molecule has 5 fully saturated rings. The molecule has 0 saturated carbocycles. The van der Waals surface area contributed by atoms with Crippen molar-refractivity contribution in [3.63, 3.8) is 0 Å². The Kier molecular flexibility index (Phi) is 39.0. The number of nitrogens with one attached hydrogen (secondary N) is 1. The topological polar surface area (TPSA) is 37.5 Å². The first kappa shape index (κ1) is 70.7. The second kappa shape index (κ2) is 39.1. The summed E-state index contributed by atoms with van der Waals surface area (Å²) in [6, 6.07) is 4.28. The van der Waals surface area contributed by atoms with E-state index in [1.807, 2.05) is 0 Å². The highest BCUT2D eigenvalue weighted by molar-refractivity contribution is 4.81. The van der Waals surface area contributed by atoms with Crippen LogP contribution < -0.4 is 5.32 Å². The number of nitrogens with zero attached hydrogens (tertiary/aromatic N) is 5. The molecule has 0 aromatic heterocycles. The van der Waals surface area contributed by atoms with Gasteiger partial charge in [-0.05, 0) is 225 Å². The largest absolute Gasteiger partial charge is 0.375 e. The summed E-state index contributed by atoms with van der Waals surface area (Å²) in [5, 5.41) is 3.51. The third-order valence-electron chi connectivity index (χ3n) is 17.2. The van der Waals surface area contributed by atoms with Gasteiger partial charge >= 0.3 is 0 Å². The Hall–Kier alpha value is -0.280. The predicted octanol–water partition coefficient (Wildman–Crippen LogP) is 15.5. The van der Waals surface area contributed by atoms with Crippen molar-refractivity contribution in [2.75, 3.05) is 78.6 Å². The minimum Gasteiger partial charge on any atom is -0.375 e. The molecule has 5 saturated heterocycles. The number of hydrogen-bond acceptors (Lipinski definition) is 7. The number of piperidine rings is 2. The first-order valence-electron chi connectivity index (χ1n) is 31.2. The number of ether oxygens (including phenoxy) is 1.